The minimum Gasteiger partial charge on any atom is -0.484 e. The third kappa shape index (κ3) is 4.12. The molecule has 0 radical (unpaired) electrons. The first-order chi connectivity index (χ1) is 9.70. The van der Waals surface area contributed by atoms with Crippen molar-refractivity contribution in [3.8, 4) is 5.75 Å². The first-order valence-corrected chi connectivity index (χ1v) is 7.48. The predicted octanol–water partition coefficient (Wildman–Crippen LogP) is 1.76. The van der Waals surface area contributed by atoms with Crippen molar-refractivity contribution < 1.29 is 9.53 Å². The average molecular weight is 297 g/mol. The monoisotopic (exact) mass is 296 g/mol. The van der Waals surface area contributed by atoms with Crippen LogP contribution in [0.2, 0.25) is 0 Å². The van der Waals surface area contributed by atoms with E-state index in [0.717, 1.165) is 44.0 Å². The summed E-state index contributed by atoms with van der Waals surface area (Å²) in [5, 5.41) is 0. The van der Waals surface area contributed by atoms with Crippen LogP contribution in [-0.4, -0.2) is 60.9 Å². The Bertz CT molecular complexity index is 445. The SMILES string of the molecule is Cc1ccccc1OCC(=O)N1CCN(CCCl)CC1. The van der Waals surface area contributed by atoms with E-state index in [1.807, 2.05) is 36.1 Å². The Morgan fingerprint density at radius 2 is 1.95 bits per heavy atom. The summed E-state index contributed by atoms with van der Waals surface area (Å²) in [7, 11) is 0. The van der Waals surface area contributed by atoms with Crippen molar-refractivity contribution in [1.29, 1.82) is 0 Å². The normalized spacial score (nSPS) is 16.2. The van der Waals surface area contributed by atoms with E-state index in [2.05, 4.69) is 4.90 Å². The molecule has 1 aliphatic rings. The highest BCUT2D eigenvalue weighted by Gasteiger charge is 2.20. The largest absolute Gasteiger partial charge is 0.484 e. The molecular formula is C15H21ClN2O2. The molecule has 0 atom stereocenters. The highest BCUT2D eigenvalue weighted by atomic mass is 35.5. The molecule has 4 nitrogen and oxygen atoms in total. The van der Waals surface area contributed by atoms with Gasteiger partial charge in [0.15, 0.2) is 6.61 Å². The van der Waals surface area contributed by atoms with Crippen molar-refractivity contribution in [1.82, 2.24) is 9.80 Å². The summed E-state index contributed by atoms with van der Waals surface area (Å²) in [4.78, 5) is 16.2. The van der Waals surface area contributed by atoms with E-state index >= 15 is 0 Å². The molecular weight excluding hydrogens is 276 g/mol. The van der Waals surface area contributed by atoms with Crippen LogP contribution in [0.5, 0.6) is 5.75 Å². The van der Waals surface area contributed by atoms with Gasteiger partial charge in [0, 0.05) is 38.6 Å². The van der Waals surface area contributed by atoms with Crippen LogP contribution in [0, 0.1) is 6.92 Å². The van der Waals surface area contributed by atoms with Crippen molar-refractivity contribution in [2.24, 2.45) is 0 Å². The minimum atomic E-state index is 0.0544. The van der Waals surface area contributed by atoms with Crippen LogP contribution in [0.25, 0.3) is 0 Å². The maximum Gasteiger partial charge on any atom is 0.260 e. The van der Waals surface area contributed by atoms with Gasteiger partial charge in [-0.15, -0.1) is 11.6 Å². The summed E-state index contributed by atoms with van der Waals surface area (Å²) in [6, 6.07) is 7.74. The number of benzene rings is 1. The lowest BCUT2D eigenvalue weighted by Crippen LogP contribution is -2.50. The third-order valence-electron chi connectivity index (χ3n) is 3.57. The molecule has 1 fully saturated rings. The Balaban J connectivity index is 1.77. The number of ether oxygens (including phenoxy) is 1. The van der Waals surface area contributed by atoms with Crippen LogP contribution in [-0.2, 0) is 4.79 Å². The van der Waals surface area contributed by atoms with E-state index in [-0.39, 0.29) is 12.5 Å². The number of aryl methyl sites for hydroxylation is 1. The number of hydrogen-bond acceptors (Lipinski definition) is 3. The van der Waals surface area contributed by atoms with Crippen molar-refractivity contribution in [2.75, 3.05) is 45.2 Å². The zero-order valence-corrected chi connectivity index (χ0v) is 12.6. The second-order valence-electron chi connectivity index (χ2n) is 4.97. The number of carbonyl (C=O) groups excluding carboxylic acids is 1. The van der Waals surface area contributed by atoms with E-state index in [9.17, 15) is 4.79 Å². The maximum absolute atomic E-state index is 12.1. The van der Waals surface area contributed by atoms with Gasteiger partial charge >= 0.3 is 0 Å². The van der Waals surface area contributed by atoms with Gasteiger partial charge in [-0.05, 0) is 18.6 Å². The molecule has 0 aliphatic carbocycles. The number of para-hydroxylation sites is 1. The van der Waals surface area contributed by atoms with Crippen LogP contribution < -0.4 is 4.74 Å². The van der Waals surface area contributed by atoms with E-state index in [4.69, 9.17) is 16.3 Å². The summed E-state index contributed by atoms with van der Waals surface area (Å²) < 4.78 is 5.60. The number of amides is 1. The molecule has 0 spiro atoms. The lowest BCUT2D eigenvalue weighted by molar-refractivity contribution is -0.135. The van der Waals surface area contributed by atoms with Crippen molar-refractivity contribution in [3.63, 3.8) is 0 Å². The van der Waals surface area contributed by atoms with Crippen LogP contribution in [0.1, 0.15) is 5.56 Å². The second-order valence-corrected chi connectivity index (χ2v) is 5.34. The maximum atomic E-state index is 12.1. The molecule has 0 aromatic heterocycles. The zero-order chi connectivity index (χ0) is 14.4. The molecule has 0 unspecified atom stereocenters. The molecule has 0 bridgehead atoms. The van der Waals surface area contributed by atoms with Crippen LogP contribution >= 0.6 is 11.6 Å². The van der Waals surface area contributed by atoms with Crippen molar-refractivity contribution in [3.05, 3.63) is 29.8 Å². The van der Waals surface area contributed by atoms with Gasteiger partial charge in [-0.25, -0.2) is 0 Å². The average Bonchev–Trinajstić information content (AvgIpc) is 2.47. The number of piperazine rings is 1. The molecule has 2 rings (SSSR count). The van der Waals surface area contributed by atoms with E-state index in [0.29, 0.717) is 5.88 Å². The molecule has 0 saturated carbocycles. The number of halogens is 1. The molecule has 1 amide bonds. The fourth-order valence-corrected chi connectivity index (χ4v) is 2.53. The van der Waals surface area contributed by atoms with Crippen LogP contribution in [0.3, 0.4) is 0 Å². The molecule has 5 heteroatoms. The Hall–Kier alpha value is -1.26. The number of alkyl halides is 1. The summed E-state index contributed by atoms with van der Waals surface area (Å²) in [5.74, 6) is 1.48. The predicted molar refractivity (Wildman–Crippen MR) is 80.4 cm³/mol. The minimum absolute atomic E-state index is 0.0544. The molecule has 1 aromatic rings. The van der Waals surface area contributed by atoms with E-state index < -0.39 is 0 Å². The highest BCUT2D eigenvalue weighted by molar-refractivity contribution is 6.18. The first-order valence-electron chi connectivity index (χ1n) is 6.95. The lowest BCUT2D eigenvalue weighted by atomic mass is 10.2. The van der Waals surface area contributed by atoms with Crippen LogP contribution in [0.4, 0.5) is 0 Å². The Morgan fingerprint density at radius 1 is 1.25 bits per heavy atom. The third-order valence-corrected chi connectivity index (χ3v) is 3.74. The van der Waals surface area contributed by atoms with Gasteiger partial charge in [-0.2, -0.15) is 0 Å². The molecule has 1 heterocycles. The smallest absolute Gasteiger partial charge is 0.260 e. The zero-order valence-electron chi connectivity index (χ0n) is 11.8. The Kier molecular flexibility index (Phi) is 5.68. The van der Waals surface area contributed by atoms with Gasteiger partial charge in [0.1, 0.15) is 5.75 Å². The Morgan fingerprint density at radius 3 is 2.60 bits per heavy atom. The first kappa shape index (κ1) is 15.1. The molecule has 20 heavy (non-hydrogen) atoms. The summed E-state index contributed by atoms with van der Waals surface area (Å²) in [6.45, 7) is 6.28. The summed E-state index contributed by atoms with van der Waals surface area (Å²) >= 11 is 5.72. The van der Waals surface area contributed by atoms with Gasteiger partial charge in [0.2, 0.25) is 0 Å². The van der Waals surface area contributed by atoms with Gasteiger partial charge in [0.05, 0.1) is 0 Å². The fraction of sp³-hybridized carbons (Fsp3) is 0.533. The molecule has 1 aliphatic heterocycles. The van der Waals surface area contributed by atoms with Crippen molar-refractivity contribution in [2.45, 2.75) is 6.92 Å². The molecule has 1 aromatic carbocycles. The van der Waals surface area contributed by atoms with Gasteiger partial charge < -0.3 is 9.64 Å². The van der Waals surface area contributed by atoms with E-state index in [1.165, 1.54) is 0 Å². The number of nitrogens with zero attached hydrogens (tertiary/aromatic N) is 2. The van der Waals surface area contributed by atoms with Gasteiger partial charge in [0.25, 0.3) is 5.91 Å². The second kappa shape index (κ2) is 7.50. The summed E-state index contributed by atoms with van der Waals surface area (Å²) in [6.07, 6.45) is 0. The topological polar surface area (TPSA) is 32.8 Å². The van der Waals surface area contributed by atoms with Gasteiger partial charge in [-0.1, -0.05) is 18.2 Å². The highest BCUT2D eigenvalue weighted by Crippen LogP contribution is 2.16. The van der Waals surface area contributed by atoms with Crippen molar-refractivity contribution >= 4 is 17.5 Å². The van der Waals surface area contributed by atoms with Crippen LogP contribution in [0.15, 0.2) is 24.3 Å². The number of hydrogen-bond donors (Lipinski definition) is 0. The fourth-order valence-electron chi connectivity index (χ4n) is 2.29. The molecule has 1 saturated heterocycles. The molecule has 0 N–H and O–H groups in total. The number of rotatable bonds is 5. The molecule has 110 valence electrons. The quantitative estimate of drug-likeness (QED) is 0.776. The van der Waals surface area contributed by atoms with E-state index in [1.54, 1.807) is 0 Å². The Labute approximate surface area is 125 Å². The lowest BCUT2D eigenvalue weighted by Gasteiger charge is -2.34. The standard InChI is InChI=1S/C15H21ClN2O2/c1-13-4-2-3-5-14(13)20-12-15(19)18-10-8-17(7-6-16)9-11-18/h2-5H,6-12H2,1H3. The van der Waals surface area contributed by atoms with Gasteiger partial charge in [-0.3, -0.25) is 9.69 Å². The summed E-state index contributed by atoms with van der Waals surface area (Å²) in [5.41, 5.74) is 1.05. The number of carbonyl (C=O) groups is 1.